The smallest absolute Gasteiger partial charge is 0.177 e. The van der Waals surface area contributed by atoms with Gasteiger partial charge in [-0.3, -0.25) is 0 Å². The van der Waals surface area contributed by atoms with Gasteiger partial charge in [0.2, 0.25) is 0 Å². The molecular weight excluding hydrogens is 254 g/mol. The van der Waals surface area contributed by atoms with Crippen molar-refractivity contribution in [3.05, 3.63) is 24.7 Å². The molecule has 2 aromatic rings. The van der Waals surface area contributed by atoms with Crippen molar-refractivity contribution in [1.29, 1.82) is 0 Å². The van der Waals surface area contributed by atoms with Crippen molar-refractivity contribution in [3.63, 3.8) is 0 Å². The first kappa shape index (κ1) is 10.6. The minimum Gasteiger partial charge on any atom is -0.343 e. The summed E-state index contributed by atoms with van der Waals surface area (Å²) in [6, 6.07) is 3.82. The van der Waals surface area contributed by atoms with Crippen molar-refractivity contribution in [1.82, 2.24) is 15.0 Å². The Morgan fingerprint density at radius 1 is 1.27 bits per heavy atom. The van der Waals surface area contributed by atoms with Crippen LogP contribution >= 0.6 is 15.9 Å². The molecule has 80 valence electrons. The van der Waals surface area contributed by atoms with E-state index in [0.29, 0.717) is 0 Å². The largest absolute Gasteiger partial charge is 0.343 e. The molecule has 0 bridgehead atoms. The molecule has 1 N–H and O–H groups in total. The lowest BCUT2D eigenvalue weighted by Gasteiger charge is -1.88. The highest BCUT2D eigenvalue weighted by atomic mass is 79.9. The molecule has 0 aromatic carbocycles. The van der Waals surface area contributed by atoms with Crippen molar-refractivity contribution in [2.45, 2.75) is 30.5 Å². The van der Waals surface area contributed by atoms with Gasteiger partial charge in [-0.2, -0.15) is 0 Å². The summed E-state index contributed by atoms with van der Waals surface area (Å²) >= 11 is 3.54. The maximum absolute atomic E-state index is 4.00. The van der Waals surface area contributed by atoms with Gasteiger partial charge in [0.25, 0.3) is 0 Å². The molecular formula is C11H14BrN3. The van der Waals surface area contributed by atoms with E-state index >= 15 is 0 Å². The average Bonchev–Trinajstić information content (AvgIpc) is 2.88. The molecule has 1 aliphatic carbocycles. The van der Waals surface area contributed by atoms with Crippen molar-refractivity contribution < 1.29 is 0 Å². The quantitative estimate of drug-likeness (QED) is 0.745. The van der Waals surface area contributed by atoms with Gasteiger partial charge in [-0.15, -0.1) is 0 Å². The number of alkyl halides is 1. The Bertz CT molecular complexity index is 377. The van der Waals surface area contributed by atoms with Gasteiger partial charge in [0.15, 0.2) is 5.65 Å². The number of halogens is 1. The Morgan fingerprint density at radius 3 is 2.67 bits per heavy atom. The molecule has 0 amide bonds. The molecule has 15 heavy (non-hydrogen) atoms. The highest BCUT2D eigenvalue weighted by molar-refractivity contribution is 9.09. The number of hydrogen-bond donors (Lipinski definition) is 1. The molecule has 2 aromatic heterocycles. The molecule has 0 atom stereocenters. The second-order valence-corrected chi connectivity index (χ2v) is 4.95. The third-order valence-electron chi connectivity index (χ3n) is 2.48. The van der Waals surface area contributed by atoms with Crippen LogP contribution < -0.4 is 0 Å². The van der Waals surface area contributed by atoms with Crippen LogP contribution in [0.1, 0.15) is 25.7 Å². The van der Waals surface area contributed by atoms with Gasteiger partial charge >= 0.3 is 0 Å². The molecule has 3 rings (SSSR count). The van der Waals surface area contributed by atoms with E-state index in [1.807, 2.05) is 12.1 Å². The van der Waals surface area contributed by atoms with Crippen LogP contribution in [0.2, 0.25) is 0 Å². The molecule has 3 nitrogen and oxygen atoms in total. The lowest BCUT2D eigenvalue weighted by Crippen LogP contribution is -1.81. The van der Waals surface area contributed by atoms with Crippen LogP contribution in [0.15, 0.2) is 24.7 Å². The van der Waals surface area contributed by atoms with E-state index in [1.54, 1.807) is 12.5 Å². The van der Waals surface area contributed by atoms with Gasteiger partial charge in [0.1, 0.15) is 0 Å². The number of aromatic amines is 1. The first-order valence-corrected chi connectivity index (χ1v) is 6.16. The standard InChI is InChI=1S/C6H5N3.C5H9Br/c1-2-5-6(7-3-1)9-4-8-5;6-5-3-1-2-4-5/h1-4H,(H,7,8,9);5H,1-4H2. The molecule has 0 unspecified atom stereocenters. The molecule has 0 spiro atoms. The van der Waals surface area contributed by atoms with Gasteiger partial charge in [-0.05, 0) is 25.0 Å². The molecule has 0 saturated heterocycles. The molecule has 0 radical (unpaired) electrons. The van der Waals surface area contributed by atoms with Crippen LogP contribution in [0.4, 0.5) is 0 Å². The summed E-state index contributed by atoms with van der Waals surface area (Å²) in [6.45, 7) is 0. The fourth-order valence-electron chi connectivity index (χ4n) is 1.65. The molecule has 2 heterocycles. The Hall–Kier alpha value is -0.900. The fourth-order valence-corrected chi connectivity index (χ4v) is 2.30. The predicted octanol–water partition coefficient (Wildman–Crippen LogP) is 3.28. The van der Waals surface area contributed by atoms with Gasteiger partial charge in [-0.25, -0.2) is 9.97 Å². The number of pyridine rings is 1. The van der Waals surface area contributed by atoms with E-state index < -0.39 is 0 Å². The van der Waals surface area contributed by atoms with Gasteiger partial charge in [-0.1, -0.05) is 28.8 Å². The van der Waals surface area contributed by atoms with Crippen molar-refractivity contribution in [2.75, 3.05) is 0 Å². The summed E-state index contributed by atoms with van der Waals surface area (Å²) in [5.74, 6) is 0. The molecule has 1 fully saturated rings. The Balaban J connectivity index is 0.000000124. The summed E-state index contributed by atoms with van der Waals surface area (Å²) in [7, 11) is 0. The Kier molecular flexibility index (Phi) is 3.72. The Morgan fingerprint density at radius 2 is 2.07 bits per heavy atom. The zero-order chi connectivity index (χ0) is 10.5. The number of hydrogen-bond acceptors (Lipinski definition) is 2. The predicted molar refractivity (Wildman–Crippen MR) is 65.1 cm³/mol. The van der Waals surface area contributed by atoms with Crippen LogP contribution in [0.5, 0.6) is 0 Å². The lowest BCUT2D eigenvalue weighted by atomic mass is 10.4. The van der Waals surface area contributed by atoms with Crippen LogP contribution in [0.25, 0.3) is 11.2 Å². The van der Waals surface area contributed by atoms with Crippen LogP contribution in [-0.2, 0) is 0 Å². The number of aromatic nitrogens is 3. The van der Waals surface area contributed by atoms with Crippen molar-refractivity contribution in [2.24, 2.45) is 0 Å². The topological polar surface area (TPSA) is 41.6 Å². The third-order valence-corrected chi connectivity index (χ3v) is 3.39. The number of nitrogens with one attached hydrogen (secondary N) is 1. The van der Waals surface area contributed by atoms with E-state index in [9.17, 15) is 0 Å². The number of imidazole rings is 1. The maximum atomic E-state index is 4.00. The van der Waals surface area contributed by atoms with Crippen LogP contribution in [-0.4, -0.2) is 19.8 Å². The van der Waals surface area contributed by atoms with Crippen molar-refractivity contribution in [3.8, 4) is 0 Å². The normalized spacial score (nSPS) is 16.3. The van der Waals surface area contributed by atoms with Crippen molar-refractivity contribution >= 4 is 27.1 Å². The molecule has 1 aliphatic rings. The second-order valence-electron chi connectivity index (χ2n) is 3.66. The highest BCUT2D eigenvalue weighted by Crippen LogP contribution is 2.23. The molecule has 4 heteroatoms. The van der Waals surface area contributed by atoms with E-state index in [0.717, 1.165) is 16.0 Å². The highest BCUT2D eigenvalue weighted by Gasteiger charge is 2.09. The fraction of sp³-hybridized carbons (Fsp3) is 0.455. The number of rotatable bonds is 0. The van der Waals surface area contributed by atoms with Gasteiger partial charge in [0, 0.05) is 11.0 Å². The summed E-state index contributed by atoms with van der Waals surface area (Å²) in [5.41, 5.74) is 1.76. The average molecular weight is 268 g/mol. The summed E-state index contributed by atoms with van der Waals surface area (Å²) in [4.78, 5) is 11.8. The zero-order valence-electron chi connectivity index (χ0n) is 8.49. The monoisotopic (exact) mass is 267 g/mol. The SMILES string of the molecule is BrC1CCCC1.c1cnc2nc[nH]c2c1. The minimum atomic E-state index is 0.775. The maximum Gasteiger partial charge on any atom is 0.177 e. The summed E-state index contributed by atoms with van der Waals surface area (Å²) in [5, 5.41) is 0. The first-order valence-electron chi connectivity index (χ1n) is 5.24. The van der Waals surface area contributed by atoms with Crippen LogP contribution in [0.3, 0.4) is 0 Å². The minimum absolute atomic E-state index is 0.775. The summed E-state index contributed by atoms with van der Waals surface area (Å²) in [6.07, 6.45) is 9.05. The lowest BCUT2D eigenvalue weighted by molar-refractivity contribution is 0.886. The first-order chi connectivity index (χ1) is 7.36. The number of H-pyrrole nitrogens is 1. The van der Waals surface area contributed by atoms with E-state index in [2.05, 4.69) is 30.9 Å². The van der Waals surface area contributed by atoms with E-state index in [4.69, 9.17) is 0 Å². The van der Waals surface area contributed by atoms with Crippen LogP contribution in [0, 0.1) is 0 Å². The van der Waals surface area contributed by atoms with Gasteiger partial charge < -0.3 is 4.98 Å². The third kappa shape index (κ3) is 3.02. The van der Waals surface area contributed by atoms with E-state index in [-0.39, 0.29) is 0 Å². The number of nitrogens with zero attached hydrogens (tertiary/aromatic N) is 2. The second kappa shape index (κ2) is 5.26. The van der Waals surface area contributed by atoms with E-state index in [1.165, 1.54) is 25.7 Å². The van der Waals surface area contributed by atoms with Gasteiger partial charge in [0.05, 0.1) is 11.8 Å². The zero-order valence-corrected chi connectivity index (χ0v) is 10.1. The Labute approximate surface area is 97.5 Å². The molecule has 0 aliphatic heterocycles. The summed E-state index contributed by atoms with van der Waals surface area (Å²) < 4.78 is 0. The number of fused-ring (bicyclic) bond motifs is 1. The molecule has 1 saturated carbocycles.